The minimum Gasteiger partial charge on any atom is -0.484 e. The molecule has 0 N–H and O–H groups in total. The fourth-order valence-electron chi connectivity index (χ4n) is 5.32. The molecule has 1 heterocycles. The van der Waals surface area contributed by atoms with Gasteiger partial charge in [0.25, 0.3) is 5.91 Å². The zero-order chi connectivity index (χ0) is 28.9. The maximum Gasteiger partial charge on any atom is 0.260 e. The van der Waals surface area contributed by atoms with Crippen LogP contribution >= 0.6 is 0 Å². The van der Waals surface area contributed by atoms with E-state index in [0.29, 0.717) is 45.0 Å². The number of carbonyl (C=O) groups excluding carboxylic acids is 2. The van der Waals surface area contributed by atoms with Gasteiger partial charge >= 0.3 is 0 Å². The van der Waals surface area contributed by atoms with E-state index in [1.54, 1.807) is 17.0 Å². The number of amides is 2. The van der Waals surface area contributed by atoms with Crippen molar-refractivity contribution in [2.45, 2.75) is 64.6 Å². The number of carbonyl (C=O) groups is 2. The predicted octanol–water partition coefficient (Wildman–Crippen LogP) is 5.67. The van der Waals surface area contributed by atoms with E-state index in [1.165, 1.54) is 18.6 Å². The lowest BCUT2D eigenvalue weighted by Gasteiger charge is -2.36. The standard InChI is InChI=1S/C33H42FN3O4/c1-2-40-22-10-21-36(33(39)26-41-31-14-7-4-8-15-31)25-32(38)37(29-11-5-3-6-12-29)24-30-13-9-20-35(30)23-27-16-18-28(34)19-17-27/h4,7-9,13-20,29H,2-3,5-6,10-12,21-26H2,1H3. The van der Waals surface area contributed by atoms with E-state index in [1.807, 2.05) is 60.5 Å². The minimum absolute atomic E-state index is 0.00171. The normalized spacial score (nSPS) is 13.6. The predicted molar refractivity (Wildman–Crippen MR) is 157 cm³/mol. The molecule has 1 aliphatic carbocycles. The maximum atomic E-state index is 14.0. The van der Waals surface area contributed by atoms with E-state index in [-0.39, 0.29) is 36.8 Å². The van der Waals surface area contributed by atoms with Crippen LogP contribution in [0.25, 0.3) is 0 Å². The molecule has 8 heteroatoms. The van der Waals surface area contributed by atoms with Gasteiger partial charge in [-0.1, -0.05) is 49.6 Å². The molecule has 2 aromatic carbocycles. The van der Waals surface area contributed by atoms with Crippen molar-refractivity contribution in [3.8, 4) is 5.75 Å². The summed E-state index contributed by atoms with van der Waals surface area (Å²) in [4.78, 5) is 30.8. The Bertz CT molecular complexity index is 1210. The van der Waals surface area contributed by atoms with Crippen LogP contribution < -0.4 is 4.74 Å². The number of nitrogens with zero attached hydrogens (tertiary/aromatic N) is 3. The Morgan fingerprint density at radius 1 is 0.951 bits per heavy atom. The van der Waals surface area contributed by atoms with Gasteiger partial charge in [0.2, 0.25) is 5.91 Å². The third-order valence-corrected chi connectivity index (χ3v) is 7.56. The number of para-hydroxylation sites is 1. The molecule has 0 radical (unpaired) electrons. The van der Waals surface area contributed by atoms with Gasteiger partial charge in [-0.2, -0.15) is 0 Å². The lowest BCUT2D eigenvalue weighted by Crippen LogP contribution is -2.48. The lowest BCUT2D eigenvalue weighted by atomic mass is 9.94. The Morgan fingerprint density at radius 3 is 2.44 bits per heavy atom. The van der Waals surface area contributed by atoms with Gasteiger partial charge in [0.05, 0.1) is 13.1 Å². The molecule has 0 bridgehead atoms. The van der Waals surface area contributed by atoms with Gasteiger partial charge in [0.15, 0.2) is 6.61 Å². The van der Waals surface area contributed by atoms with E-state index in [9.17, 15) is 14.0 Å². The lowest BCUT2D eigenvalue weighted by molar-refractivity contribution is -0.144. The van der Waals surface area contributed by atoms with Crippen LogP contribution in [0.1, 0.15) is 56.7 Å². The summed E-state index contributed by atoms with van der Waals surface area (Å²) in [6, 6.07) is 19.9. The molecular weight excluding hydrogens is 521 g/mol. The first-order chi connectivity index (χ1) is 20.0. The number of ether oxygens (including phenoxy) is 2. The molecule has 220 valence electrons. The fourth-order valence-corrected chi connectivity index (χ4v) is 5.32. The maximum absolute atomic E-state index is 14.0. The molecule has 0 unspecified atom stereocenters. The van der Waals surface area contributed by atoms with Gasteiger partial charge < -0.3 is 23.8 Å². The summed E-state index contributed by atoms with van der Waals surface area (Å²) in [7, 11) is 0. The van der Waals surface area contributed by atoms with Crippen LogP contribution in [0.2, 0.25) is 0 Å². The van der Waals surface area contributed by atoms with Crippen LogP contribution in [0.15, 0.2) is 72.9 Å². The van der Waals surface area contributed by atoms with Crippen LogP contribution in [0.5, 0.6) is 5.75 Å². The molecule has 3 aromatic rings. The zero-order valence-electron chi connectivity index (χ0n) is 24.1. The van der Waals surface area contributed by atoms with Crippen molar-refractivity contribution in [2.75, 3.05) is 32.9 Å². The average Bonchev–Trinajstić information content (AvgIpc) is 3.44. The third kappa shape index (κ3) is 9.46. The van der Waals surface area contributed by atoms with Crippen LogP contribution in [0.3, 0.4) is 0 Å². The highest BCUT2D eigenvalue weighted by molar-refractivity contribution is 5.85. The van der Waals surface area contributed by atoms with Crippen molar-refractivity contribution in [3.05, 3.63) is 90.0 Å². The largest absolute Gasteiger partial charge is 0.484 e. The average molecular weight is 564 g/mol. The van der Waals surface area contributed by atoms with Crippen molar-refractivity contribution >= 4 is 11.8 Å². The van der Waals surface area contributed by atoms with Gasteiger partial charge in [-0.15, -0.1) is 0 Å². The fraction of sp³-hybridized carbons (Fsp3) is 0.455. The van der Waals surface area contributed by atoms with Gasteiger partial charge in [0.1, 0.15) is 11.6 Å². The smallest absolute Gasteiger partial charge is 0.260 e. The SMILES string of the molecule is CCOCCCN(CC(=O)N(Cc1cccn1Cc1ccc(F)cc1)C1CCCCC1)C(=O)COc1ccccc1. The first-order valence-corrected chi connectivity index (χ1v) is 14.7. The Balaban J connectivity index is 1.47. The molecule has 2 amide bonds. The summed E-state index contributed by atoms with van der Waals surface area (Å²) < 4.78 is 26.8. The Labute approximate surface area is 242 Å². The molecule has 0 aliphatic heterocycles. The zero-order valence-corrected chi connectivity index (χ0v) is 24.1. The summed E-state index contributed by atoms with van der Waals surface area (Å²) in [5.74, 6) is 0.0788. The second kappa shape index (κ2) is 16.0. The summed E-state index contributed by atoms with van der Waals surface area (Å²) in [6.07, 6.45) is 7.91. The summed E-state index contributed by atoms with van der Waals surface area (Å²) in [5, 5.41) is 0. The molecule has 0 atom stereocenters. The quantitative estimate of drug-likeness (QED) is 0.224. The Hall–Kier alpha value is -3.65. The molecular formula is C33H42FN3O4. The Kier molecular flexibility index (Phi) is 11.8. The summed E-state index contributed by atoms with van der Waals surface area (Å²) >= 11 is 0. The molecule has 1 aromatic heterocycles. The number of aromatic nitrogens is 1. The monoisotopic (exact) mass is 563 g/mol. The number of rotatable bonds is 15. The molecule has 1 fully saturated rings. The van der Waals surface area contributed by atoms with Gasteiger partial charge in [-0.3, -0.25) is 9.59 Å². The number of hydrogen-bond acceptors (Lipinski definition) is 4. The van der Waals surface area contributed by atoms with Crippen molar-refractivity contribution in [1.82, 2.24) is 14.4 Å². The first-order valence-electron chi connectivity index (χ1n) is 14.7. The number of benzene rings is 2. The van der Waals surface area contributed by atoms with Crippen LogP contribution in [-0.4, -0.2) is 65.1 Å². The van der Waals surface area contributed by atoms with Crippen molar-refractivity contribution in [1.29, 1.82) is 0 Å². The molecule has 1 aliphatic rings. The van der Waals surface area contributed by atoms with Crippen molar-refractivity contribution < 1.29 is 23.5 Å². The van der Waals surface area contributed by atoms with E-state index in [2.05, 4.69) is 4.57 Å². The van der Waals surface area contributed by atoms with Crippen LogP contribution in [0.4, 0.5) is 4.39 Å². The highest BCUT2D eigenvalue weighted by Gasteiger charge is 2.29. The molecule has 1 saturated carbocycles. The summed E-state index contributed by atoms with van der Waals surface area (Å²) in [5.41, 5.74) is 2.00. The number of halogens is 1. The van der Waals surface area contributed by atoms with Crippen LogP contribution in [0, 0.1) is 5.82 Å². The highest BCUT2D eigenvalue weighted by Crippen LogP contribution is 2.25. The molecule has 41 heavy (non-hydrogen) atoms. The molecule has 7 nitrogen and oxygen atoms in total. The van der Waals surface area contributed by atoms with E-state index in [0.717, 1.165) is 36.9 Å². The second-order valence-corrected chi connectivity index (χ2v) is 10.5. The van der Waals surface area contributed by atoms with Crippen LogP contribution in [-0.2, 0) is 27.4 Å². The Morgan fingerprint density at radius 2 is 1.71 bits per heavy atom. The van der Waals surface area contributed by atoms with Gasteiger partial charge in [-0.25, -0.2) is 4.39 Å². The molecule has 4 rings (SSSR count). The van der Waals surface area contributed by atoms with Gasteiger partial charge in [0, 0.05) is 44.2 Å². The molecule has 0 saturated heterocycles. The van der Waals surface area contributed by atoms with E-state index >= 15 is 0 Å². The highest BCUT2D eigenvalue weighted by atomic mass is 19.1. The van der Waals surface area contributed by atoms with Gasteiger partial charge in [-0.05, 0) is 68.1 Å². The van der Waals surface area contributed by atoms with E-state index < -0.39 is 0 Å². The minimum atomic E-state index is -0.259. The topological polar surface area (TPSA) is 64.0 Å². The molecule has 0 spiro atoms. The second-order valence-electron chi connectivity index (χ2n) is 10.5. The summed E-state index contributed by atoms with van der Waals surface area (Å²) in [6.45, 7) is 4.41. The third-order valence-electron chi connectivity index (χ3n) is 7.56. The van der Waals surface area contributed by atoms with Crippen molar-refractivity contribution in [3.63, 3.8) is 0 Å². The van der Waals surface area contributed by atoms with Crippen molar-refractivity contribution in [2.24, 2.45) is 0 Å². The van der Waals surface area contributed by atoms with E-state index in [4.69, 9.17) is 9.47 Å². The number of hydrogen-bond donors (Lipinski definition) is 0. The first kappa shape index (κ1) is 30.3.